The minimum absolute atomic E-state index is 0.0404. The van der Waals surface area contributed by atoms with Gasteiger partial charge in [-0.25, -0.2) is 4.79 Å². The molecule has 0 spiro atoms. The van der Waals surface area contributed by atoms with E-state index in [1.54, 1.807) is 6.92 Å². The highest BCUT2D eigenvalue weighted by Gasteiger charge is 2.20. The molecule has 0 unspecified atom stereocenters. The van der Waals surface area contributed by atoms with Gasteiger partial charge in [-0.1, -0.05) is 12.1 Å². The van der Waals surface area contributed by atoms with Crippen LogP contribution in [0.3, 0.4) is 0 Å². The fourth-order valence-corrected chi connectivity index (χ4v) is 1.26. The first-order chi connectivity index (χ1) is 8.45. The van der Waals surface area contributed by atoms with E-state index in [0.717, 1.165) is 6.42 Å². The van der Waals surface area contributed by atoms with Crippen LogP contribution in [-0.2, 0) is 9.53 Å². The number of nitrogen functional groups attached to an aromatic ring is 1. The number of carbonyl (C=O) groups excluding carboxylic acids is 2. The number of aryl methyl sites for hydroxylation is 1. The molecule has 7 nitrogen and oxygen atoms in total. The van der Waals surface area contributed by atoms with Gasteiger partial charge in [-0.3, -0.25) is 4.79 Å². The number of nitrogens with one attached hydrogen (secondary N) is 1. The maximum Gasteiger partial charge on any atom is 0.346 e. The fourth-order valence-electron chi connectivity index (χ4n) is 1.26. The number of anilines is 1. The predicted molar refractivity (Wildman–Crippen MR) is 63.8 cm³/mol. The van der Waals surface area contributed by atoms with Crippen molar-refractivity contribution in [1.82, 2.24) is 10.5 Å². The summed E-state index contributed by atoms with van der Waals surface area (Å²) in [6, 6.07) is 0.0404. The van der Waals surface area contributed by atoms with Crippen LogP contribution in [0.2, 0.25) is 0 Å². The summed E-state index contributed by atoms with van der Waals surface area (Å²) in [7, 11) is 0. The number of ether oxygens (including phenoxy) is 1. The molecule has 1 heterocycles. The van der Waals surface area contributed by atoms with E-state index in [0.29, 0.717) is 5.69 Å². The van der Waals surface area contributed by atoms with Gasteiger partial charge in [0.25, 0.3) is 5.91 Å². The number of nitrogens with zero attached hydrogens (tertiary/aromatic N) is 1. The van der Waals surface area contributed by atoms with Gasteiger partial charge < -0.3 is 20.3 Å². The number of hydrogen-bond acceptors (Lipinski definition) is 6. The van der Waals surface area contributed by atoms with Crippen molar-refractivity contribution in [3.05, 3.63) is 11.3 Å². The van der Waals surface area contributed by atoms with Crippen LogP contribution in [0.5, 0.6) is 0 Å². The van der Waals surface area contributed by atoms with Crippen molar-refractivity contribution in [2.45, 2.75) is 33.2 Å². The van der Waals surface area contributed by atoms with Crippen LogP contribution in [0.15, 0.2) is 4.52 Å². The summed E-state index contributed by atoms with van der Waals surface area (Å²) in [5.74, 6) is -1.18. The molecule has 1 aromatic rings. The summed E-state index contributed by atoms with van der Waals surface area (Å²) in [4.78, 5) is 23.0. The SMILES string of the molecule is CC[C@@H](C)NC(=O)COC(=O)c1c(C)noc1N. The van der Waals surface area contributed by atoms with Crippen molar-refractivity contribution in [3.63, 3.8) is 0 Å². The normalized spacial score (nSPS) is 11.9. The van der Waals surface area contributed by atoms with Gasteiger partial charge in [0.1, 0.15) is 5.56 Å². The molecule has 0 radical (unpaired) electrons. The molecule has 3 N–H and O–H groups in total. The van der Waals surface area contributed by atoms with E-state index in [1.807, 2.05) is 13.8 Å². The van der Waals surface area contributed by atoms with E-state index in [-0.39, 0.29) is 30.0 Å². The Kier molecular flexibility index (Phi) is 4.70. The number of rotatable bonds is 5. The van der Waals surface area contributed by atoms with Gasteiger partial charge in [0, 0.05) is 6.04 Å². The number of carbonyl (C=O) groups is 2. The summed E-state index contributed by atoms with van der Waals surface area (Å²) in [6.07, 6.45) is 0.803. The van der Waals surface area contributed by atoms with Crippen LogP contribution in [0.25, 0.3) is 0 Å². The number of aromatic nitrogens is 1. The zero-order valence-electron chi connectivity index (χ0n) is 10.6. The average Bonchev–Trinajstić information content (AvgIpc) is 2.66. The first-order valence-electron chi connectivity index (χ1n) is 5.63. The lowest BCUT2D eigenvalue weighted by atomic mass is 10.2. The Morgan fingerprint density at radius 3 is 2.72 bits per heavy atom. The average molecular weight is 255 g/mol. The molecule has 18 heavy (non-hydrogen) atoms. The molecular formula is C11H17N3O4. The zero-order chi connectivity index (χ0) is 13.7. The Bertz CT molecular complexity index is 422. The van der Waals surface area contributed by atoms with Crippen molar-refractivity contribution in [2.24, 2.45) is 0 Å². The molecule has 100 valence electrons. The van der Waals surface area contributed by atoms with Gasteiger partial charge in [-0.2, -0.15) is 0 Å². The standard InChI is InChI=1S/C11H17N3O4/c1-4-6(2)13-8(15)5-17-11(16)9-7(3)14-18-10(9)12/h6H,4-5,12H2,1-3H3,(H,13,15)/t6-/m1/s1. The molecule has 0 aliphatic carbocycles. The number of esters is 1. The van der Waals surface area contributed by atoms with Crippen molar-refractivity contribution in [2.75, 3.05) is 12.3 Å². The van der Waals surface area contributed by atoms with Gasteiger partial charge in [0.2, 0.25) is 5.88 Å². The molecule has 0 saturated heterocycles. The highest BCUT2D eigenvalue weighted by Crippen LogP contribution is 2.16. The zero-order valence-corrected chi connectivity index (χ0v) is 10.6. The van der Waals surface area contributed by atoms with E-state index in [4.69, 9.17) is 10.5 Å². The van der Waals surface area contributed by atoms with E-state index >= 15 is 0 Å². The summed E-state index contributed by atoms with van der Waals surface area (Å²) >= 11 is 0. The van der Waals surface area contributed by atoms with Crippen molar-refractivity contribution < 1.29 is 18.8 Å². The first kappa shape index (κ1) is 14.0. The molecule has 1 amide bonds. The van der Waals surface area contributed by atoms with E-state index in [2.05, 4.69) is 15.0 Å². The molecule has 1 atom stereocenters. The summed E-state index contributed by atoms with van der Waals surface area (Å²) in [5.41, 5.74) is 5.81. The molecule has 1 rings (SSSR count). The maximum atomic E-state index is 11.6. The minimum Gasteiger partial charge on any atom is -0.452 e. The van der Waals surface area contributed by atoms with Crippen molar-refractivity contribution in [1.29, 1.82) is 0 Å². The molecule has 0 fully saturated rings. The lowest BCUT2D eigenvalue weighted by Crippen LogP contribution is -2.35. The monoisotopic (exact) mass is 255 g/mol. The summed E-state index contributed by atoms with van der Waals surface area (Å²) in [6.45, 7) is 5.02. The molecular weight excluding hydrogens is 238 g/mol. The van der Waals surface area contributed by atoms with Gasteiger partial charge >= 0.3 is 5.97 Å². The predicted octanol–water partition coefficient (Wildman–Crippen LogP) is 0.637. The Labute approximate surface area is 105 Å². The minimum atomic E-state index is -0.717. The topological polar surface area (TPSA) is 107 Å². The second-order valence-electron chi connectivity index (χ2n) is 3.96. The third-order valence-electron chi connectivity index (χ3n) is 2.45. The Morgan fingerprint density at radius 1 is 1.56 bits per heavy atom. The number of nitrogens with two attached hydrogens (primary N) is 1. The van der Waals surface area contributed by atoms with E-state index in [1.165, 1.54) is 0 Å². The number of amides is 1. The van der Waals surface area contributed by atoms with Gasteiger partial charge in [0.05, 0.1) is 5.69 Å². The lowest BCUT2D eigenvalue weighted by molar-refractivity contribution is -0.124. The van der Waals surface area contributed by atoms with Crippen LogP contribution in [0, 0.1) is 6.92 Å². The molecule has 0 bridgehead atoms. The quantitative estimate of drug-likeness (QED) is 0.747. The largest absolute Gasteiger partial charge is 0.452 e. The molecule has 1 aromatic heterocycles. The van der Waals surface area contributed by atoms with E-state index in [9.17, 15) is 9.59 Å². The third-order valence-corrected chi connectivity index (χ3v) is 2.45. The van der Waals surface area contributed by atoms with Crippen molar-refractivity contribution in [3.8, 4) is 0 Å². The lowest BCUT2D eigenvalue weighted by Gasteiger charge is -2.11. The molecule has 0 aromatic carbocycles. The Morgan fingerprint density at radius 2 is 2.22 bits per heavy atom. The van der Waals surface area contributed by atoms with Crippen LogP contribution < -0.4 is 11.1 Å². The Hall–Kier alpha value is -2.05. The van der Waals surface area contributed by atoms with Gasteiger partial charge in [0.15, 0.2) is 6.61 Å². The summed E-state index contributed by atoms with van der Waals surface area (Å²) in [5, 5.41) is 6.20. The highest BCUT2D eigenvalue weighted by molar-refractivity contribution is 5.96. The van der Waals surface area contributed by atoms with Crippen LogP contribution in [0.1, 0.15) is 36.3 Å². The van der Waals surface area contributed by atoms with Crippen molar-refractivity contribution >= 4 is 17.8 Å². The third kappa shape index (κ3) is 3.47. The number of hydrogen-bond donors (Lipinski definition) is 2. The summed E-state index contributed by atoms with van der Waals surface area (Å²) < 4.78 is 9.46. The Balaban J connectivity index is 2.50. The van der Waals surface area contributed by atoms with Crippen LogP contribution >= 0.6 is 0 Å². The molecule has 0 aliphatic rings. The fraction of sp³-hybridized carbons (Fsp3) is 0.545. The van der Waals surface area contributed by atoms with Gasteiger partial charge in [-0.05, 0) is 20.3 Å². The maximum absolute atomic E-state index is 11.6. The van der Waals surface area contributed by atoms with E-state index < -0.39 is 5.97 Å². The van der Waals surface area contributed by atoms with Gasteiger partial charge in [-0.15, -0.1) is 0 Å². The van der Waals surface area contributed by atoms with Crippen LogP contribution in [-0.4, -0.2) is 29.7 Å². The van der Waals surface area contributed by atoms with Crippen LogP contribution in [0.4, 0.5) is 5.88 Å². The molecule has 7 heteroatoms. The second-order valence-corrected chi connectivity index (χ2v) is 3.96. The molecule has 0 aliphatic heterocycles. The molecule has 0 saturated carbocycles. The smallest absolute Gasteiger partial charge is 0.346 e. The first-order valence-corrected chi connectivity index (χ1v) is 5.63. The highest BCUT2D eigenvalue weighted by atomic mass is 16.5. The second kappa shape index (κ2) is 6.04.